The monoisotopic (exact) mass is 446 g/mol. The van der Waals surface area contributed by atoms with E-state index in [0.717, 1.165) is 29.7 Å². The van der Waals surface area contributed by atoms with Crippen LogP contribution in [-0.4, -0.2) is 29.7 Å². The van der Waals surface area contributed by atoms with Crippen LogP contribution in [0.4, 0.5) is 0 Å². The Kier molecular flexibility index (Phi) is 7.09. The summed E-state index contributed by atoms with van der Waals surface area (Å²) in [5.41, 5.74) is 0.942. The van der Waals surface area contributed by atoms with Crippen molar-refractivity contribution in [1.29, 1.82) is 0 Å². The van der Waals surface area contributed by atoms with Gasteiger partial charge in [0.1, 0.15) is 4.88 Å². The fourth-order valence-electron chi connectivity index (χ4n) is 3.89. The van der Waals surface area contributed by atoms with Gasteiger partial charge < -0.3 is 9.84 Å². The normalized spacial score (nSPS) is 24.9. The van der Waals surface area contributed by atoms with Gasteiger partial charge in [0.25, 0.3) is 0 Å². The van der Waals surface area contributed by atoms with Crippen LogP contribution in [0, 0.1) is 5.92 Å². The fraction of sp³-hybridized carbons (Fsp3) is 0.450. The number of alkyl halides is 1. The summed E-state index contributed by atoms with van der Waals surface area (Å²) in [6, 6.07) is 9.19. The van der Waals surface area contributed by atoms with Gasteiger partial charge in [-0.1, -0.05) is 23.2 Å². The van der Waals surface area contributed by atoms with Gasteiger partial charge in [-0.15, -0.1) is 22.9 Å². The van der Waals surface area contributed by atoms with Gasteiger partial charge in [-0.2, -0.15) is 0 Å². The van der Waals surface area contributed by atoms with E-state index < -0.39 is 6.10 Å². The number of hydrogen-bond donors (Lipinski definition) is 1. The van der Waals surface area contributed by atoms with Crippen molar-refractivity contribution >= 4 is 52.1 Å². The van der Waals surface area contributed by atoms with Crippen LogP contribution in [0.1, 0.15) is 45.3 Å². The van der Waals surface area contributed by atoms with Gasteiger partial charge in [0.2, 0.25) is 0 Å². The highest BCUT2D eigenvalue weighted by molar-refractivity contribution is 7.13. The van der Waals surface area contributed by atoms with E-state index in [0.29, 0.717) is 21.3 Å². The lowest BCUT2D eigenvalue weighted by Crippen LogP contribution is -2.19. The highest BCUT2D eigenvalue weighted by atomic mass is 35.5. The number of carbonyl (C=O) groups is 1. The molecule has 3 rings (SSSR count). The van der Waals surface area contributed by atoms with Gasteiger partial charge >= 0.3 is 5.97 Å². The van der Waals surface area contributed by atoms with E-state index in [-0.39, 0.29) is 23.2 Å². The van der Waals surface area contributed by atoms with Gasteiger partial charge in [0.05, 0.1) is 13.2 Å². The molecule has 0 radical (unpaired) electrons. The van der Waals surface area contributed by atoms with E-state index in [9.17, 15) is 9.90 Å². The third-order valence-electron chi connectivity index (χ3n) is 5.09. The molecule has 7 heteroatoms. The molecule has 1 aromatic carbocycles. The number of hydrogen-bond acceptors (Lipinski definition) is 4. The standard InChI is InChI=1S/C20H21Cl3O3S/c1-26-20(25)18-6-5-14(27-18)3-2-4-15-16(23)10-17(24)19(15)11-7-12(21)9-13(22)8-11/h5-9,15-17,19,24H,2-4,10H2,1H3/t15-,16+,17+,19+/m0/s1. The second-order valence-electron chi connectivity index (χ2n) is 6.86. The van der Waals surface area contributed by atoms with Gasteiger partial charge in [-0.25, -0.2) is 4.79 Å². The number of aliphatic hydroxyl groups is 1. The molecule has 1 fully saturated rings. The summed E-state index contributed by atoms with van der Waals surface area (Å²) < 4.78 is 4.75. The van der Waals surface area contributed by atoms with Crippen LogP contribution in [0.3, 0.4) is 0 Å². The van der Waals surface area contributed by atoms with Crippen molar-refractivity contribution in [1.82, 2.24) is 0 Å². The molecule has 146 valence electrons. The molecule has 1 aromatic heterocycles. The number of esters is 1. The summed E-state index contributed by atoms with van der Waals surface area (Å²) in [7, 11) is 1.38. The van der Waals surface area contributed by atoms with Crippen LogP contribution >= 0.6 is 46.1 Å². The Bertz CT molecular complexity index is 787. The predicted molar refractivity (Wildman–Crippen MR) is 112 cm³/mol. The van der Waals surface area contributed by atoms with Gasteiger partial charge in [0.15, 0.2) is 0 Å². The molecule has 2 aromatic rings. The Morgan fingerprint density at radius 1 is 1.26 bits per heavy atom. The molecule has 0 bridgehead atoms. The van der Waals surface area contributed by atoms with Crippen molar-refractivity contribution in [2.24, 2.45) is 5.92 Å². The number of rotatable bonds is 6. The van der Waals surface area contributed by atoms with E-state index in [1.165, 1.54) is 18.4 Å². The molecular weight excluding hydrogens is 427 g/mol. The predicted octanol–water partition coefficient (Wildman–Crippen LogP) is 5.94. The molecule has 0 amide bonds. The summed E-state index contributed by atoms with van der Waals surface area (Å²) in [4.78, 5) is 13.3. The number of benzene rings is 1. The number of halogens is 3. The highest BCUT2D eigenvalue weighted by Crippen LogP contribution is 2.46. The SMILES string of the molecule is COC(=O)c1ccc(CCC[C@@H]2[C@@H](c3cc(Cl)cc(Cl)c3)[C@H](O)C[C@H]2Cl)s1. The molecule has 1 aliphatic rings. The first kappa shape index (κ1) is 20.9. The number of ether oxygens (including phenoxy) is 1. The average molecular weight is 448 g/mol. The summed E-state index contributed by atoms with van der Waals surface area (Å²) in [6.07, 6.45) is 2.73. The largest absolute Gasteiger partial charge is 0.465 e. The summed E-state index contributed by atoms with van der Waals surface area (Å²) in [6.45, 7) is 0. The molecule has 1 aliphatic carbocycles. The number of methoxy groups -OCH3 is 1. The first-order valence-electron chi connectivity index (χ1n) is 8.84. The zero-order chi connectivity index (χ0) is 19.6. The fourth-order valence-corrected chi connectivity index (χ4v) is 5.87. The number of aryl methyl sites for hydroxylation is 1. The van der Waals surface area contributed by atoms with Crippen LogP contribution in [0.5, 0.6) is 0 Å². The van der Waals surface area contributed by atoms with Gasteiger partial charge in [0, 0.05) is 26.2 Å². The van der Waals surface area contributed by atoms with E-state index >= 15 is 0 Å². The van der Waals surface area contributed by atoms with Crippen LogP contribution in [-0.2, 0) is 11.2 Å². The molecule has 1 heterocycles. The van der Waals surface area contributed by atoms with E-state index in [4.69, 9.17) is 39.5 Å². The van der Waals surface area contributed by atoms with Gasteiger partial charge in [-0.05, 0) is 67.5 Å². The van der Waals surface area contributed by atoms with E-state index in [1.807, 2.05) is 18.2 Å². The minimum absolute atomic E-state index is 0.0716. The molecule has 1 saturated carbocycles. The number of carbonyl (C=O) groups excluding carboxylic acids is 1. The molecule has 0 saturated heterocycles. The van der Waals surface area contributed by atoms with Crippen molar-refractivity contribution in [3.63, 3.8) is 0 Å². The molecule has 27 heavy (non-hydrogen) atoms. The van der Waals surface area contributed by atoms with Crippen LogP contribution in [0.15, 0.2) is 30.3 Å². The Balaban J connectivity index is 1.67. The molecule has 4 atom stereocenters. The summed E-state index contributed by atoms with van der Waals surface area (Å²) >= 11 is 20.3. The van der Waals surface area contributed by atoms with Crippen molar-refractivity contribution in [2.45, 2.75) is 43.1 Å². The quantitative estimate of drug-likeness (QED) is 0.440. The Morgan fingerprint density at radius 3 is 2.63 bits per heavy atom. The molecule has 3 nitrogen and oxygen atoms in total. The Hall–Kier alpha value is -0.780. The minimum atomic E-state index is -0.500. The smallest absolute Gasteiger partial charge is 0.348 e. The zero-order valence-electron chi connectivity index (χ0n) is 14.8. The summed E-state index contributed by atoms with van der Waals surface area (Å²) in [5, 5.41) is 11.6. The van der Waals surface area contributed by atoms with Crippen molar-refractivity contribution in [2.75, 3.05) is 7.11 Å². The third-order valence-corrected chi connectivity index (χ3v) is 7.15. The summed E-state index contributed by atoms with van der Waals surface area (Å²) in [5.74, 6) is -0.224. The molecule has 0 aliphatic heterocycles. The van der Waals surface area contributed by atoms with Crippen molar-refractivity contribution in [3.05, 3.63) is 55.7 Å². The lowest BCUT2D eigenvalue weighted by Gasteiger charge is -2.24. The molecule has 1 N–H and O–H groups in total. The number of thiophene rings is 1. The molecular formula is C20H21Cl3O3S. The van der Waals surface area contributed by atoms with Crippen LogP contribution in [0.2, 0.25) is 10.0 Å². The highest BCUT2D eigenvalue weighted by Gasteiger charge is 2.42. The van der Waals surface area contributed by atoms with Crippen LogP contribution in [0.25, 0.3) is 0 Å². The second-order valence-corrected chi connectivity index (χ2v) is 9.46. The van der Waals surface area contributed by atoms with E-state index in [2.05, 4.69) is 0 Å². The average Bonchev–Trinajstić information content (AvgIpc) is 3.18. The first-order chi connectivity index (χ1) is 12.9. The maximum Gasteiger partial charge on any atom is 0.348 e. The van der Waals surface area contributed by atoms with Crippen LogP contribution < -0.4 is 0 Å². The number of aliphatic hydroxyl groups excluding tert-OH is 1. The Morgan fingerprint density at radius 2 is 1.96 bits per heavy atom. The van der Waals surface area contributed by atoms with Gasteiger partial charge in [-0.3, -0.25) is 0 Å². The minimum Gasteiger partial charge on any atom is -0.465 e. The lowest BCUT2D eigenvalue weighted by atomic mass is 9.84. The maximum atomic E-state index is 11.6. The first-order valence-corrected chi connectivity index (χ1v) is 10.8. The molecule has 0 unspecified atom stereocenters. The van der Waals surface area contributed by atoms with Crippen molar-refractivity contribution in [3.8, 4) is 0 Å². The molecule has 0 spiro atoms. The topological polar surface area (TPSA) is 46.5 Å². The van der Waals surface area contributed by atoms with Crippen molar-refractivity contribution < 1.29 is 14.6 Å². The third kappa shape index (κ3) is 4.99. The lowest BCUT2D eigenvalue weighted by molar-refractivity contribution is 0.0606. The Labute approximate surface area is 178 Å². The zero-order valence-corrected chi connectivity index (χ0v) is 17.9. The second kappa shape index (κ2) is 9.15. The van der Waals surface area contributed by atoms with E-state index in [1.54, 1.807) is 12.1 Å². The maximum absolute atomic E-state index is 11.6.